The second-order valence-corrected chi connectivity index (χ2v) is 22.6. The zero-order valence-electron chi connectivity index (χ0n) is 44.7. The maximum absolute atomic E-state index is 14.9. The number of imide groups is 2. The van der Waals surface area contributed by atoms with Crippen LogP contribution in [0, 0.1) is 10.8 Å². The van der Waals surface area contributed by atoms with Crippen LogP contribution in [0.2, 0.25) is 0 Å². The van der Waals surface area contributed by atoms with Crippen LogP contribution in [0.4, 0.5) is 5.69 Å². The first-order valence-corrected chi connectivity index (χ1v) is 28.9. The van der Waals surface area contributed by atoms with Crippen molar-refractivity contribution in [1.82, 2.24) is 9.88 Å². The van der Waals surface area contributed by atoms with Gasteiger partial charge in [0.25, 0.3) is 39.7 Å². The Labute approximate surface area is 451 Å². The van der Waals surface area contributed by atoms with Gasteiger partial charge in [-0.05, 0) is 126 Å². The minimum Gasteiger partial charge on any atom is -0.494 e. The number of rotatable bonds is 24. The van der Waals surface area contributed by atoms with E-state index >= 15 is 0 Å². The van der Waals surface area contributed by atoms with Crippen LogP contribution in [0.5, 0.6) is 5.88 Å². The summed E-state index contributed by atoms with van der Waals surface area (Å²) in [4.78, 5) is 80.7. The summed E-state index contributed by atoms with van der Waals surface area (Å²) >= 11 is 0. The average Bonchev–Trinajstić information content (AvgIpc) is 4.27. The van der Waals surface area contributed by atoms with Crippen molar-refractivity contribution in [3.8, 4) is 28.3 Å². The number of nitrogens with zero attached hydrogens (tertiary/aromatic N) is 3. The second-order valence-electron chi connectivity index (χ2n) is 21.2. The Morgan fingerprint density at radius 1 is 0.571 bits per heavy atom. The van der Waals surface area contributed by atoms with Gasteiger partial charge < -0.3 is 10.1 Å². The second kappa shape index (κ2) is 22.4. The molecule has 9 rings (SSSR count). The fourth-order valence-corrected chi connectivity index (χ4v) is 13.4. The molecule has 1 unspecified atom stereocenters. The monoisotopic (exact) mass is 1060 g/mol. The number of aromatic hydroxyl groups is 1. The molecule has 13 nitrogen and oxygen atoms in total. The zero-order valence-corrected chi connectivity index (χ0v) is 45.5. The van der Waals surface area contributed by atoms with Gasteiger partial charge in [-0.1, -0.05) is 153 Å². The minimum atomic E-state index is -4.78. The lowest BCUT2D eigenvalue weighted by Crippen LogP contribution is -2.52. The fourth-order valence-electron chi connectivity index (χ4n) is 12.7. The Bertz CT molecular complexity index is 3460. The largest absolute Gasteiger partial charge is 0.494 e. The van der Waals surface area contributed by atoms with Gasteiger partial charge in [0.2, 0.25) is 0 Å². The normalized spacial score (nSPS) is 15.1. The first-order chi connectivity index (χ1) is 37.0. The van der Waals surface area contributed by atoms with E-state index in [-0.39, 0.29) is 46.3 Å². The third-order valence-corrected chi connectivity index (χ3v) is 17.4. The van der Waals surface area contributed by atoms with E-state index in [4.69, 9.17) is 4.99 Å². The molecule has 3 aliphatic heterocycles. The molecule has 3 N–H and O–H groups in total. The zero-order chi connectivity index (χ0) is 54.8. The molecule has 0 fully saturated rings. The maximum Gasteiger partial charge on any atom is 0.296 e. The number of para-hydroxylation sites is 1. The quantitative estimate of drug-likeness (QED) is 0.0300. The molecule has 4 heterocycles. The van der Waals surface area contributed by atoms with Crippen molar-refractivity contribution in [2.75, 3.05) is 11.4 Å². The van der Waals surface area contributed by atoms with Crippen LogP contribution < -0.4 is 4.90 Å². The van der Waals surface area contributed by atoms with E-state index in [2.05, 4.69) is 57.8 Å². The van der Waals surface area contributed by atoms with Gasteiger partial charge in [-0.2, -0.15) is 8.42 Å². The molecule has 0 saturated carbocycles. The Hall–Kier alpha value is -7.29. The highest BCUT2D eigenvalue weighted by molar-refractivity contribution is 7.86. The maximum atomic E-state index is 14.9. The number of aliphatic imine (C=N–C) groups is 1. The number of amides is 5. The Morgan fingerprint density at radius 3 is 1.87 bits per heavy atom. The third kappa shape index (κ3) is 10.0. The van der Waals surface area contributed by atoms with Crippen LogP contribution in [-0.4, -0.2) is 69.8 Å². The predicted octanol–water partition coefficient (Wildman–Crippen LogP) is 13.6. The number of carbonyl (C=O) groups is 5. The lowest BCUT2D eigenvalue weighted by Gasteiger charge is -2.53. The summed E-state index contributed by atoms with van der Waals surface area (Å²) in [5, 5.41) is 11.7. The molecule has 14 heteroatoms. The molecule has 1 atom stereocenters. The lowest BCUT2D eigenvalue weighted by atomic mass is 9.53. The third-order valence-electron chi connectivity index (χ3n) is 16.5. The number of aryl methyl sites for hydroxylation is 1. The topological polar surface area (TPSA) is 195 Å². The van der Waals surface area contributed by atoms with Crippen LogP contribution in [0.15, 0.2) is 119 Å². The molecule has 1 aromatic heterocycles. The van der Waals surface area contributed by atoms with Crippen LogP contribution in [0.25, 0.3) is 22.4 Å². The van der Waals surface area contributed by atoms with E-state index in [0.29, 0.717) is 40.1 Å². The lowest BCUT2D eigenvalue weighted by molar-refractivity contribution is -0.0231. The average molecular weight is 1060 g/mol. The molecule has 5 amide bonds. The van der Waals surface area contributed by atoms with E-state index in [0.717, 1.165) is 98.3 Å². The van der Waals surface area contributed by atoms with Crippen LogP contribution in [0.3, 0.4) is 0 Å². The van der Waals surface area contributed by atoms with Crippen molar-refractivity contribution >= 4 is 51.1 Å². The highest BCUT2D eigenvalue weighted by atomic mass is 32.2. The van der Waals surface area contributed by atoms with Gasteiger partial charge in [0.15, 0.2) is 5.88 Å². The number of benzene rings is 5. The van der Waals surface area contributed by atoms with Crippen molar-refractivity contribution in [3.63, 3.8) is 0 Å². The van der Waals surface area contributed by atoms with Crippen molar-refractivity contribution in [3.05, 3.63) is 159 Å². The van der Waals surface area contributed by atoms with Crippen LogP contribution in [0.1, 0.15) is 192 Å². The Kier molecular flexibility index (Phi) is 15.8. The number of hydrogen-bond acceptors (Lipinski definition) is 8. The first kappa shape index (κ1) is 54.5. The summed E-state index contributed by atoms with van der Waals surface area (Å²) < 4.78 is 34.4. The van der Waals surface area contributed by atoms with E-state index in [1.54, 1.807) is 24.3 Å². The Morgan fingerprint density at radius 2 is 1.19 bits per heavy atom. The van der Waals surface area contributed by atoms with Gasteiger partial charge in [-0.3, -0.25) is 33.4 Å². The summed E-state index contributed by atoms with van der Waals surface area (Å²) in [6.45, 7) is 11.0. The van der Waals surface area contributed by atoms with Crippen molar-refractivity contribution in [2.45, 2.75) is 136 Å². The van der Waals surface area contributed by atoms with E-state index in [1.807, 2.05) is 30.3 Å². The molecule has 0 bridgehead atoms. The molecular weight excluding hydrogens is 989 g/mol. The smallest absolute Gasteiger partial charge is 0.296 e. The number of aromatic amines is 1. The summed E-state index contributed by atoms with van der Waals surface area (Å²) in [5.41, 5.74) is 5.69. The molecule has 0 spiro atoms. The van der Waals surface area contributed by atoms with Gasteiger partial charge in [0.1, 0.15) is 4.90 Å². The molecule has 6 aromatic rings. The van der Waals surface area contributed by atoms with Gasteiger partial charge in [-0.25, -0.2) is 9.89 Å². The van der Waals surface area contributed by atoms with Crippen molar-refractivity contribution < 1.29 is 42.0 Å². The summed E-state index contributed by atoms with van der Waals surface area (Å²) in [6, 6.07) is 31.0. The molecule has 0 radical (unpaired) electrons. The summed E-state index contributed by atoms with van der Waals surface area (Å²) in [7, 11) is -4.78. The van der Waals surface area contributed by atoms with Crippen molar-refractivity contribution in [2.24, 2.45) is 15.8 Å². The SMILES string of the molecule is CCCCCCCc1cccc(-c2[nH]c(O)c3c2C(=O)N=C3c2ccccc2CC(CC)(CCCC)C(CCC)(CCC)CN2C(=O)c3ccc(-c4ccc5c(c4)C(=O)N(c4ccccc4S(=O)(=O)O)C5=O)cc3C2=O)c1. The predicted molar refractivity (Wildman–Crippen MR) is 300 cm³/mol. The van der Waals surface area contributed by atoms with Gasteiger partial charge in [0, 0.05) is 12.1 Å². The van der Waals surface area contributed by atoms with E-state index in [9.17, 15) is 42.0 Å². The van der Waals surface area contributed by atoms with Crippen LogP contribution in [-0.2, 0) is 23.0 Å². The Balaban J connectivity index is 1.03. The number of anilines is 1. The molecule has 0 aliphatic carbocycles. The summed E-state index contributed by atoms with van der Waals surface area (Å²) in [5.74, 6) is -2.87. The highest BCUT2D eigenvalue weighted by Gasteiger charge is 2.52. The van der Waals surface area contributed by atoms with Gasteiger partial charge >= 0.3 is 0 Å². The molecule has 5 aromatic carbocycles. The standard InChI is InChI=1S/C63H68N4O9S/c1-6-11-13-14-15-21-40-22-20-24-43(35-40)54-52-53(57(69)64-54)55(65-56(52)68)45-25-17-16-23-44(45)38-62(10-5,34-12-7-2)63(32-8-3,33-9-4)39-66-58(70)46-30-28-41(36-48(46)59(66)71)42-29-31-47-49(37-42)61(73)67(60(47)72)50-26-18-19-27-51(50)77(74,75)76/h16-20,22-31,35-37,64,69H,6-15,21,32-34,38-39H2,1-5H3,(H,74,75,76). The van der Waals surface area contributed by atoms with Gasteiger partial charge in [0.05, 0.1) is 50.5 Å². The van der Waals surface area contributed by atoms with E-state index < -0.39 is 49.5 Å². The number of hydrogen-bond donors (Lipinski definition) is 3. The number of unbranched alkanes of at least 4 members (excludes halogenated alkanes) is 5. The summed E-state index contributed by atoms with van der Waals surface area (Å²) in [6.07, 6.45) is 13.8. The fraction of sp³-hybridized carbons (Fsp3) is 0.365. The first-order valence-electron chi connectivity index (χ1n) is 27.4. The number of aromatic nitrogens is 1. The van der Waals surface area contributed by atoms with Crippen LogP contribution >= 0.6 is 0 Å². The van der Waals surface area contributed by atoms with Gasteiger partial charge in [-0.15, -0.1) is 0 Å². The number of fused-ring (bicyclic) bond motifs is 3. The number of H-pyrrole nitrogens is 1. The number of nitrogens with one attached hydrogen (secondary N) is 1. The molecule has 3 aliphatic rings. The minimum absolute atomic E-state index is 0.0155. The van der Waals surface area contributed by atoms with Crippen molar-refractivity contribution in [1.29, 1.82) is 0 Å². The highest BCUT2D eigenvalue weighted by Crippen LogP contribution is 2.56. The molecular formula is C63H68N4O9S. The number of carbonyl (C=O) groups excluding carboxylic acids is 5. The van der Waals surface area contributed by atoms with E-state index in [1.165, 1.54) is 60.1 Å². The molecule has 400 valence electrons. The molecule has 0 saturated heterocycles. The molecule has 77 heavy (non-hydrogen) atoms.